The normalized spacial score (nSPS) is 11.1. The Labute approximate surface area is 157 Å². The van der Waals surface area contributed by atoms with Crippen LogP contribution in [0.2, 0.25) is 0 Å². The van der Waals surface area contributed by atoms with Crippen LogP contribution in [0.1, 0.15) is 11.1 Å². The number of nitrogens with one attached hydrogen (secondary N) is 1. The number of aromatic amines is 1. The lowest BCUT2D eigenvalue weighted by atomic mass is 10.2. The van der Waals surface area contributed by atoms with E-state index in [4.69, 9.17) is 0 Å². The van der Waals surface area contributed by atoms with Crippen molar-refractivity contribution in [3.63, 3.8) is 0 Å². The van der Waals surface area contributed by atoms with Gasteiger partial charge in [-0.05, 0) is 36.4 Å². The second-order valence-electron chi connectivity index (χ2n) is 5.81. The van der Waals surface area contributed by atoms with E-state index in [1.54, 1.807) is 18.3 Å². The molecule has 0 radical (unpaired) electrons. The Kier molecular flexibility index (Phi) is 4.48. The van der Waals surface area contributed by atoms with E-state index in [0.717, 1.165) is 20.1 Å². The van der Waals surface area contributed by atoms with Crippen LogP contribution < -0.4 is 11.2 Å². The number of fused-ring (bicyclic) bond motifs is 1. The molecule has 130 valence electrons. The first-order chi connectivity index (χ1) is 12.6. The number of para-hydroxylation sites is 1. The van der Waals surface area contributed by atoms with Crippen LogP contribution in [0.15, 0.2) is 73.6 Å². The fraction of sp³-hybridized carbons (Fsp3) is 0.105. The Balaban J connectivity index is 1.69. The SMILES string of the molecule is Cc1c(Sc2nc3ccccc3s2)[nH]c(=O)n(Cc2ccccc2)c1=O. The molecule has 2 aromatic heterocycles. The molecule has 2 heterocycles. The van der Waals surface area contributed by atoms with E-state index in [2.05, 4.69) is 9.97 Å². The largest absolute Gasteiger partial charge is 0.329 e. The molecule has 0 saturated carbocycles. The maximum atomic E-state index is 12.7. The average molecular weight is 381 g/mol. The van der Waals surface area contributed by atoms with Crippen LogP contribution in [0.5, 0.6) is 0 Å². The van der Waals surface area contributed by atoms with Gasteiger partial charge < -0.3 is 4.98 Å². The third-order valence-corrected chi connectivity index (χ3v) is 6.23. The van der Waals surface area contributed by atoms with Crippen molar-refractivity contribution in [2.75, 3.05) is 0 Å². The maximum absolute atomic E-state index is 12.7. The molecule has 0 aliphatic heterocycles. The smallest absolute Gasteiger partial charge is 0.301 e. The minimum absolute atomic E-state index is 0.252. The number of rotatable bonds is 4. The first kappa shape index (κ1) is 16.8. The van der Waals surface area contributed by atoms with Gasteiger partial charge in [0.25, 0.3) is 5.56 Å². The molecule has 0 aliphatic rings. The van der Waals surface area contributed by atoms with Crippen LogP contribution in [0.4, 0.5) is 0 Å². The van der Waals surface area contributed by atoms with Crippen molar-refractivity contribution in [1.82, 2.24) is 14.5 Å². The van der Waals surface area contributed by atoms with Gasteiger partial charge in [-0.1, -0.05) is 42.5 Å². The molecule has 4 rings (SSSR count). The number of benzene rings is 2. The van der Waals surface area contributed by atoms with Crippen molar-refractivity contribution >= 4 is 33.3 Å². The molecule has 0 fully saturated rings. The minimum atomic E-state index is -0.409. The Morgan fingerprint density at radius 2 is 1.81 bits per heavy atom. The van der Waals surface area contributed by atoms with Gasteiger partial charge in [0.2, 0.25) is 0 Å². The second kappa shape index (κ2) is 6.93. The summed E-state index contributed by atoms with van der Waals surface area (Å²) in [5.41, 5.74) is 1.66. The van der Waals surface area contributed by atoms with Gasteiger partial charge in [0, 0.05) is 5.56 Å². The number of hydrogen-bond acceptors (Lipinski definition) is 5. The molecule has 7 heteroatoms. The monoisotopic (exact) mass is 381 g/mol. The van der Waals surface area contributed by atoms with Crippen LogP contribution in [0, 0.1) is 6.92 Å². The minimum Gasteiger partial charge on any atom is -0.301 e. The van der Waals surface area contributed by atoms with Crippen molar-refractivity contribution in [1.29, 1.82) is 0 Å². The standard InChI is InChI=1S/C19H15N3O2S2/c1-12-16(26-19-20-14-9-5-6-10-15(14)25-19)21-18(24)22(17(12)23)11-13-7-3-2-4-8-13/h2-10H,11H2,1H3,(H,21,24). The lowest BCUT2D eigenvalue weighted by Crippen LogP contribution is -2.37. The molecule has 0 aliphatic carbocycles. The third kappa shape index (κ3) is 3.23. The number of H-pyrrole nitrogens is 1. The Hall–Kier alpha value is -2.64. The van der Waals surface area contributed by atoms with Gasteiger partial charge >= 0.3 is 5.69 Å². The zero-order valence-corrected chi connectivity index (χ0v) is 15.6. The summed E-state index contributed by atoms with van der Waals surface area (Å²) in [6.45, 7) is 1.98. The fourth-order valence-electron chi connectivity index (χ4n) is 2.64. The Morgan fingerprint density at radius 3 is 2.58 bits per heavy atom. The van der Waals surface area contributed by atoms with Crippen molar-refractivity contribution in [2.24, 2.45) is 0 Å². The number of hydrogen-bond donors (Lipinski definition) is 1. The van der Waals surface area contributed by atoms with E-state index < -0.39 is 5.69 Å². The highest BCUT2D eigenvalue weighted by Gasteiger charge is 2.14. The summed E-state index contributed by atoms with van der Waals surface area (Å²) in [4.78, 5) is 32.5. The second-order valence-corrected chi connectivity index (χ2v) is 8.10. The molecule has 5 nitrogen and oxygen atoms in total. The predicted octanol–water partition coefficient (Wildman–Crippen LogP) is 3.65. The summed E-state index contributed by atoms with van der Waals surface area (Å²) in [6.07, 6.45) is 0. The van der Waals surface area contributed by atoms with Gasteiger partial charge in [-0.25, -0.2) is 9.78 Å². The topological polar surface area (TPSA) is 67.8 Å². The van der Waals surface area contributed by atoms with Crippen LogP contribution >= 0.6 is 23.1 Å². The van der Waals surface area contributed by atoms with Gasteiger partial charge in [-0.15, -0.1) is 11.3 Å². The predicted molar refractivity (Wildman–Crippen MR) is 105 cm³/mol. The highest BCUT2D eigenvalue weighted by molar-refractivity contribution is 8.01. The molecule has 1 N–H and O–H groups in total. The van der Waals surface area contributed by atoms with E-state index in [1.807, 2.05) is 54.6 Å². The first-order valence-corrected chi connectivity index (χ1v) is 9.66. The number of aromatic nitrogens is 3. The molecule has 26 heavy (non-hydrogen) atoms. The summed E-state index contributed by atoms with van der Waals surface area (Å²) in [5, 5.41) is 0.545. The maximum Gasteiger partial charge on any atom is 0.329 e. The van der Waals surface area contributed by atoms with Gasteiger partial charge in [-0.3, -0.25) is 9.36 Å². The van der Waals surface area contributed by atoms with E-state index in [9.17, 15) is 9.59 Å². The molecule has 0 spiro atoms. The Bertz CT molecular complexity index is 1160. The molecule has 0 atom stereocenters. The zero-order chi connectivity index (χ0) is 18.1. The van der Waals surface area contributed by atoms with Crippen molar-refractivity contribution in [3.8, 4) is 0 Å². The summed E-state index contributed by atoms with van der Waals surface area (Å²) in [7, 11) is 0. The van der Waals surface area contributed by atoms with Crippen LogP contribution in [-0.2, 0) is 6.54 Å². The molecule has 0 saturated heterocycles. The van der Waals surface area contributed by atoms with Crippen molar-refractivity contribution < 1.29 is 0 Å². The van der Waals surface area contributed by atoms with E-state index in [-0.39, 0.29) is 12.1 Å². The Morgan fingerprint density at radius 1 is 1.08 bits per heavy atom. The van der Waals surface area contributed by atoms with E-state index >= 15 is 0 Å². The molecular weight excluding hydrogens is 366 g/mol. The van der Waals surface area contributed by atoms with E-state index in [0.29, 0.717) is 10.6 Å². The van der Waals surface area contributed by atoms with Gasteiger partial charge in [-0.2, -0.15) is 0 Å². The first-order valence-electron chi connectivity index (χ1n) is 8.03. The summed E-state index contributed by atoms with van der Waals surface area (Å²) in [5.74, 6) is 0. The molecule has 0 bridgehead atoms. The number of nitrogens with zero attached hydrogens (tertiary/aromatic N) is 2. The summed E-state index contributed by atoms with van der Waals surface area (Å²) < 4.78 is 3.10. The average Bonchev–Trinajstić information content (AvgIpc) is 3.06. The molecule has 4 aromatic rings. The van der Waals surface area contributed by atoms with Gasteiger partial charge in [0.1, 0.15) is 0 Å². The van der Waals surface area contributed by atoms with Crippen LogP contribution in [0.3, 0.4) is 0 Å². The lowest BCUT2D eigenvalue weighted by Gasteiger charge is -2.08. The quantitative estimate of drug-likeness (QED) is 0.548. The van der Waals surface area contributed by atoms with Crippen molar-refractivity contribution in [3.05, 3.63) is 86.6 Å². The van der Waals surface area contributed by atoms with Gasteiger partial charge in [0.05, 0.1) is 21.8 Å². The summed E-state index contributed by atoms with van der Waals surface area (Å²) >= 11 is 2.86. The number of thiazole rings is 1. The van der Waals surface area contributed by atoms with Gasteiger partial charge in [0.15, 0.2) is 4.34 Å². The third-order valence-electron chi connectivity index (χ3n) is 4.02. The highest BCUT2D eigenvalue weighted by Crippen LogP contribution is 2.33. The summed E-state index contributed by atoms with van der Waals surface area (Å²) in [6, 6.07) is 17.3. The zero-order valence-electron chi connectivity index (χ0n) is 13.9. The van der Waals surface area contributed by atoms with E-state index in [1.165, 1.54) is 16.3 Å². The molecule has 2 aromatic carbocycles. The fourth-order valence-corrected chi connectivity index (χ4v) is 4.72. The van der Waals surface area contributed by atoms with Crippen molar-refractivity contribution in [2.45, 2.75) is 22.8 Å². The lowest BCUT2D eigenvalue weighted by molar-refractivity contribution is 0.671. The molecule has 0 amide bonds. The highest BCUT2D eigenvalue weighted by atomic mass is 32.2. The molecule has 0 unspecified atom stereocenters. The molecular formula is C19H15N3O2S2. The van der Waals surface area contributed by atoms with Crippen LogP contribution in [-0.4, -0.2) is 14.5 Å². The van der Waals surface area contributed by atoms with Crippen LogP contribution in [0.25, 0.3) is 10.2 Å².